The first-order valence-electron chi connectivity index (χ1n) is 8.40. The SMILES string of the molecule is CN=C(NCc1cccs1)NCC(CC(C)C)N1CCCC1. The van der Waals surface area contributed by atoms with E-state index in [0.29, 0.717) is 6.04 Å². The predicted molar refractivity (Wildman–Crippen MR) is 96.6 cm³/mol. The fourth-order valence-corrected chi connectivity index (χ4v) is 3.68. The van der Waals surface area contributed by atoms with Crippen LogP contribution in [0.2, 0.25) is 0 Å². The second-order valence-electron chi connectivity index (χ2n) is 6.41. The van der Waals surface area contributed by atoms with Crippen molar-refractivity contribution in [1.29, 1.82) is 0 Å². The van der Waals surface area contributed by atoms with E-state index in [2.05, 4.69) is 51.9 Å². The molecule has 2 heterocycles. The van der Waals surface area contributed by atoms with Gasteiger partial charge in [0.15, 0.2) is 5.96 Å². The molecule has 5 heteroatoms. The van der Waals surface area contributed by atoms with Gasteiger partial charge in [-0.1, -0.05) is 19.9 Å². The van der Waals surface area contributed by atoms with Crippen LogP contribution in [0.15, 0.2) is 22.5 Å². The average Bonchev–Trinajstić information content (AvgIpc) is 3.19. The van der Waals surface area contributed by atoms with Crippen LogP contribution < -0.4 is 10.6 Å². The summed E-state index contributed by atoms with van der Waals surface area (Å²) < 4.78 is 0. The van der Waals surface area contributed by atoms with Crippen LogP contribution in [0, 0.1) is 5.92 Å². The van der Waals surface area contributed by atoms with E-state index in [-0.39, 0.29) is 0 Å². The molecule has 1 aliphatic heterocycles. The predicted octanol–water partition coefficient (Wildman–Crippen LogP) is 2.92. The number of likely N-dealkylation sites (tertiary alicyclic amines) is 1. The topological polar surface area (TPSA) is 39.7 Å². The van der Waals surface area contributed by atoms with E-state index in [1.165, 1.54) is 37.2 Å². The van der Waals surface area contributed by atoms with Gasteiger partial charge in [-0.3, -0.25) is 9.89 Å². The van der Waals surface area contributed by atoms with Gasteiger partial charge in [-0.2, -0.15) is 0 Å². The molecule has 0 saturated carbocycles. The number of guanidine groups is 1. The monoisotopic (exact) mass is 322 g/mol. The van der Waals surface area contributed by atoms with Crippen LogP contribution in [0.4, 0.5) is 0 Å². The Morgan fingerprint density at radius 3 is 2.68 bits per heavy atom. The lowest BCUT2D eigenvalue weighted by Crippen LogP contribution is -2.46. The standard InChI is InChI=1S/C17H30N4S/c1-14(2)11-15(21-8-4-5-9-21)12-19-17(18-3)20-13-16-7-6-10-22-16/h6-7,10,14-15H,4-5,8-9,11-13H2,1-3H3,(H2,18,19,20). The van der Waals surface area contributed by atoms with Gasteiger partial charge in [0.1, 0.15) is 0 Å². The van der Waals surface area contributed by atoms with E-state index < -0.39 is 0 Å². The summed E-state index contributed by atoms with van der Waals surface area (Å²) in [5.41, 5.74) is 0. The van der Waals surface area contributed by atoms with Crippen LogP contribution in [-0.4, -0.2) is 43.6 Å². The van der Waals surface area contributed by atoms with Crippen molar-refractivity contribution in [2.75, 3.05) is 26.7 Å². The zero-order valence-electron chi connectivity index (χ0n) is 14.1. The smallest absolute Gasteiger partial charge is 0.191 e. The minimum atomic E-state index is 0.614. The normalized spacial score (nSPS) is 17.9. The van der Waals surface area contributed by atoms with Crippen molar-refractivity contribution in [3.05, 3.63) is 22.4 Å². The van der Waals surface area contributed by atoms with Crippen LogP contribution in [0.3, 0.4) is 0 Å². The Bertz CT molecular complexity index is 436. The molecule has 1 aromatic rings. The zero-order valence-corrected chi connectivity index (χ0v) is 15.0. The molecule has 1 atom stereocenters. The highest BCUT2D eigenvalue weighted by Crippen LogP contribution is 2.17. The van der Waals surface area contributed by atoms with Crippen LogP contribution in [-0.2, 0) is 6.54 Å². The van der Waals surface area contributed by atoms with Crippen LogP contribution in [0.25, 0.3) is 0 Å². The number of nitrogens with zero attached hydrogens (tertiary/aromatic N) is 2. The van der Waals surface area contributed by atoms with Gasteiger partial charge in [0, 0.05) is 24.5 Å². The molecular weight excluding hydrogens is 292 g/mol. The molecule has 1 aromatic heterocycles. The highest BCUT2D eigenvalue weighted by atomic mass is 32.1. The van der Waals surface area contributed by atoms with Crippen molar-refractivity contribution in [1.82, 2.24) is 15.5 Å². The van der Waals surface area contributed by atoms with Crippen molar-refractivity contribution in [3.63, 3.8) is 0 Å². The molecule has 0 amide bonds. The second kappa shape index (κ2) is 9.16. The van der Waals surface area contributed by atoms with Gasteiger partial charge < -0.3 is 10.6 Å². The molecule has 0 spiro atoms. The Morgan fingerprint density at radius 2 is 2.09 bits per heavy atom. The van der Waals surface area contributed by atoms with Crippen molar-refractivity contribution in [3.8, 4) is 0 Å². The Balaban J connectivity index is 1.80. The minimum Gasteiger partial charge on any atom is -0.355 e. The van der Waals surface area contributed by atoms with E-state index in [1.54, 1.807) is 11.3 Å². The third-order valence-corrected chi connectivity index (χ3v) is 5.02. The molecule has 22 heavy (non-hydrogen) atoms. The lowest BCUT2D eigenvalue weighted by atomic mass is 10.0. The second-order valence-corrected chi connectivity index (χ2v) is 7.44. The van der Waals surface area contributed by atoms with E-state index in [9.17, 15) is 0 Å². The van der Waals surface area contributed by atoms with Crippen LogP contribution in [0.5, 0.6) is 0 Å². The third-order valence-electron chi connectivity index (χ3n) is 4.14. The Hall–Kier alpha value is -1.07. The maximum absolute atomic E-state index is 4.35. The van der Waals surface area contributed by atoms with Gasteiger partial charge in [-0.05, 0) is 49.7 Å². The number of nitrogens with one attached hydrogen (secondary N) is 2. The lowest BCUT2D eigenvalue weighted by Gasteiger charge is -2.29. The summed E-state index contributed by atoms with van der Waals surface area (Å²) in [5.74, 6) is 1.63. The largest absolute Gasteiger partial charge is 0.355 e. The molecule has 1 saturated heterocycles. The molecule has 0 radical (unpaired) electrons. The zero-order chi connectivity index (χ0) is 15.8. The van der Waals surface area contributed by atoms with Gasteiger partial charge in [0.25, 0.3) is 0 Å². The molecule has 0 aromatic carbocycles. The highest BCUT2D eigenvalue weighted by molar-refractivity contribution is 7.09. The first kappa shape index (κ1) is 17.3. The number of thiophene rings is 1. The molecular formula is C17H30N4S. The molecule has 2 N–H and O–H groups in total. The first-order valence-corrected chi connectivity index (χ1v) is 9.28. The van der Waals surface area contributed by atoms with Crippen molar-refractivity contribution in [2.45, 2.75) is 45.7 Å². The van der Waals surface area contributed by atoms with Gasteiger partial charge in [-0.25, -0.2) is 0 Å². The number of hydrogen-bond acceptors (Lipinski definition) is 3. The fourth-order valence-electron chi connectivity index (χ4n) is 3.03. The number of aliphatic imine (C=N–C) groups is 1. The number of rotatable bonds is 7. The summed E-state index contributed by atoms with van der Waals surface area (Å²) in [6.45, 7) is 8.94. The molecule has 1 fully saturated rings. The number of hydrogen-bond donors (Lipinski definition) is 2. The van der Waals surface area contributed by atoms with Crippen molar-refractivity contribution < 1.29 is 0 Å². The molecule has 124 valence electrons. The molecule has 1 aliphatic rings. The van der Waals surface area contributed by atoms with Gasteiger partial charge in [0.05, 0.1) is 6.54 Å². The Morgan fingerprint density at radius 1 is 1.32 bits per heavy atom. The van der Waals surface area contributed by atoms with E-state index >= 15 is 0 Å². The molecule has 0 bridgehead atoms. The molecule has 4 nitrogen and oxygen atoms in total. The van der Waals surface area contributed by atoms with Crippen molar-refractivity contribution >= 4 is 17.3 Å². The van der Waals surface area contributed by atoms with Crippen LogP contribution in [0.1, 0.15) is 38.0 Å². The Kier molecular flexibility index (Phi) is 7.19. The van der Waals surface area contributed by atoms with Crippen LogP contribution >= 0.6 is 11.3 Å². The summed E-state index contributed by atoms with van der Waals surface area (Å²) >= 11 is 1.78. The third kappa shape index (κ3) is 5.61. The quantitative estimate of drug-likeness (QED) is 0.599. The summed E-state index contributed by atoms with van der Waals surface area (Å²) in [6.07, 6.45) is 3.94. The molecule has 0 aliphatic carbocycles. The summed E-state index contributed by atoms with van der Waals surface area (Å²) in [7, 11) is 1.84. The lowest BCUT2D eigenvalue weighted by molar-refractivity contribution is 0.213. The maximum atomic E-state index is 4.35. The van der Waals surface area contributed by atoms with Gasteiger partial charge in [0.2, 0.25) is 0 Å². The summed E-state index contributed by atoms with van der Waals surface area (Å²) in [6, 6.07) is 4.85. The van der Waals surface area contributed by atoms with E-state index in [1.807, 2.05) is 7.05 Å². The van der Waals surface area contributed by atoms with Crippen molar-refractivity contribution in [2.24, 2.45) is 10.9 Å². The fraction of sp³-hybridized carbons (Fsp3) is 0.706. The highest BCUT2D eigenvalue weighted by Gasteiger charge is 2.22. The average molecular weight is 323 g/mol. The summed E-state index contributed by atoms with van der Waals surface area (Å²) in [5, 5.41) is 9.03. The van der Waals surface area contributed by atoms with Gasteiger partial charge >= 0.3 is 0 Å². The Labute approximate surface area is 139 Å². The first-order chi connectivity index (χ1) is 10.7. The summed E-state index contributed by atoms with van der Waals surface area (Å²) in [4.78, 5) is 8.32. The van der Waals surface area contributed by atoms with Gasteiger partial charge in [-0.15, -0.1) is 11.3 Å². The minimum absolute atomic E-state index is 0.614. The van der Waals surface area contributed by atoms with E-state index in [4.69, 9.17) is 0 Å². The molecule has 1 unspecified atom stereocenters. The van der Waals surface area contributed by atoms with E-state index in [0.717, 1.165) is 25.0 Å². The maximum Gasteiger partial charge on any atom is 0.191 e. The molecule has 2 rings (SSSR count).